The summed E-state index contributed by atoms with van der Waals surface area (Å²) in [7, 11) is 0. The summed E-state index contributed by atoms with van der Waals surface area (Å²) in [6, 6.07) is 5.76. The van der Waals surface area contributed by atoms with Crippen molar-refractivity contribution >= 4 is 23.4 Å². The highest BCUT2D eigenvalue weighted by molar-refractivity contribution is 8.00. The van der Waals surface area contributed by atoms with Crippen LogP contribution in [0.2, 0.25) is 0 Å². The van der Waals surface area contributed by atoms with E-state index in [-0.39, 0.29) is 5.25 Å². The van der Waals surface area contributed by atoms with Gasteiger partial charge < -0.3 is 5.11 Å². The second kappa shape index (κ2) is 3.00. The van der Waals surface area contributed by atoms with E-state index in [0.29, 0.717) is 6.42 Å². The Morgan fingerprint density at radius 1 is 1.60 bits per heavy atom. The van der Waals surface area contributed by atoms with Gasteiger partial charge in [-0.05, 0) is 12.1 Å². The molecule has 5 heteroatoms. The highest BCUT2D eigenvalue weighted by atomic mass is 32.2. The second-order valence-electron chi connectivity index (χ2n) is 3.46. The quantitative estimate of drug-likeness (QED) is 0.790. The Balaban J connectivity index is 2.20. The van der Waals surface area contributed by atoms with E-state index in [1.54, 1.807) is 6.20 Å². The lowest BCUT2D eigenvalue weighted by molar-refractivity contribution is -0.136. The average molecular weight is 220 g/mol. The van der Waals surface area contributed by atoms with Crippen molar-refractivity contribution < 1.29 is 9.90 Å². The minimum Gasteiger partial charge on any atom is -0.480 e. The van der Waals surface area contributed by atoms with E-state index in [0.717, 1.165) is 16.4 Å². The van der Waals surface area contributed by atoms with E-state index in [9.17, 15) is 4.79 Å². The van der Waals surface area contributed by atoms with E-state index in [1.807, 2.05) is 22.6 Å². The van der Waals surface area contributed by atoms with Crippen molar-refractivity contribution in [2.45, 2.75) is 16.7 Å². The zero-order chi connectivity index (χ0) is 10.4. The molecular formula is C10H8N2O2S. The van der Waals surface area contributed by atoms with E-state index in [2.05, 4.69) is 4.98 Å². The Morgan fingerprint density at radius 3 is 3.27 bits per heavy atom. The van der Waals surface area contributed by atoms with Gasteiger partial charge in [-0.25, -0.2) is 4.98 Å². The normalized spacial score (nSPS) is 19.3. The molecule has 0 saturated carbocycles. The number of hydrogen-bond acceptors (Lipinski definition) is 3. The van der Waals surface area contributed by atoms with Gasteiger partial charge in [-0.1, -0.05) is 17.8 Å². The molecule has 0 bridgehead atoms. The predicted molar refractivity (Wildman–Crippen MR) is 56.2 cm³/mol. The Hall–Kier alpha value is -1.49. The van der Waals surface area contributed by atoms with Gasteiger partial charge >= 0.3 is 5.97 Å². The number of aliphatic carboxylic acids is 1. The van der Waals surface area contributed by atoms with Crippen LogP contribution in [0.1, 0.15) is 5.69 Å². The zero-order valence-electron chi connectivity index (χ0n) is 7.75. The van der Waals surface area contributed by atoms with Crippen LogP contribution in [0.3, 0.4) is 0 Å². The van der Waals surface area contributed by atoms with Crippen molar-refractivity contribution in [2.24, 2.45) is 0 Å². The maximum absolute atomic E-state index is 11.0. The highest BCUT2D eigenvalue weighted by Gasteiger charge is 2.26. The molecule has 3 heterocycles. The summed E-state index contributed by atoms with van der Waals surface area (Å²) in [6.45, 7) is 0. The molecule has 1 aliphatic heterocycles. The lowest BCUT2D eigenvalue weighted by Gasteiger charge is -2.19. The molecule has 4 nitrogen and oxygen atoms in total. The number of pyridine rings is 1. The van der Waals surface area contributed by atoms with E-state index in [4.69, 9.17) is 5.11 Å². The first-order chi connectivity index (χ1) is 7.25. The summed E-state index contributed by atoms with van der Waals surface area (Å²) in [6.07, 6.45) is 2.30. The minimum absolute atomic E-state index is 0.389. The third kappa shape index (κ3) is 1.23. The van der Waals surface area contributed by atoms with Crippen LogP contribution in [0, 0.1) is 0 Å². The van der Waals surface area contributed by atoms with Gasteiger partial charge in [0.15, 0.2) is 0 Å². The molecule has 0 spiro atoms. The fourth-order valence-corrected chi connectivity index (χ4v) is 2.94. The number of nitrogens with zero attached hydrogens (tertiary/aromatic N) is 2. The first kappa shape index (κ1) is 8.79. The predicted octanol–water partition coefficient (Wildman–Crippen LogP) is 1.44. The number of thioether (sulfide) groups is 1. The topological polar surface area (TPSA) is 54.6 Å². The summed E-state index contributed by atoms with van der Waals surface area (Å²) in [5.74, 6) is -0.760. The number of rotatable bonds is 1. The van der Waals surface area contributed by atoms with Gasteiger partial charge in [0.2, 0.25) is 0 Å². The smallest absolute Gasteiger partial charge is 0.317 e. The van der Waals surface area contributed by atoms with Gasteiger partial charge in [0, 0.05) is 18.3 Å². The molecule has 1 unspecified atom stereocenters. The molecule has 15 heavy (non-hydrogen) atoms. The van der Waals surface area contributed by atoms with Crippen LogP contribution in [0.4, 0.5) is 0 Å². The summed E-state index contributed by atoms with van der Waals surface area (Å²) in [5.41, 5.74) is 1.87. The fraction of sp³-hybridized carbons (Fsp3) is 0.200. The number of carboxylic acids is 1. The lowest BCUT2D eigenvalue weighted by atomic mass is 10.2. The summed E-state index contributed by atoms with van der Waals surface area (Å²) in [4.78, 5) is 15.2. The molecule has 0 radical (unpaired) electrons. The second-order valence-corrected chi connectivity index (χ2v) is 4.68. The molecule has 3 rings (SSSR count). The molecule has 0 saturated heterocycles. The Bertz CT molecular complexity index is 549. The van der Waals surface area contributed by atoms with Crippen molar-refractivity contribution in [3.8, 4) is 0 Å². The maximum Gasteiger partial charge on any atom is 0.317 e. The summed E-state index contributed by atoms with van der Waals surface area (Å²) in [5, 5.41) is 9.57. The number of hydrogen-bond donors (Lipinski definition) is 1. The molecule has 0 aliphatic carbocycles. The maximum atomic E-state index is 11.0. The van der Waals surface area contributed by atoms with Gasteiger partial charge in [-0.15, -0.1) is 0 Å². The Morgan fingerprint density at radius 2 is 2.47 bits per heavy atom. The third-order valence-electron chi connectivity index (χ3n) is 2.50. The Labute approximate surface area is 89.9 Å². The number of carbonyl (C=O) groups is 1. The third-order valence-corrected chi connectivity index (χ3v) is 3.71. The van der Waals surface area contributed by atoms with Crippen molar-refractivity contribution in [3.05, 3.63) is 30.1 Å². The molecule has 76 valence electrons. The van der Waals surface area contributed by atoms with Crippen LogP contribution in [-0.4, -0.2) is 25.7 Å². The average Bonchev–Trinajstić information content (AvgIpc) is 2.64. The first-order valence-corrected chi connectivity index (χ1v) is 5.48. The van der Waals surface area contributed by atoms with Crippen molar-refractivity contribution in [2.75, 3.05) is 0 Å². The fourth-order valence-electron chi connectivity index (χ4n) is 1.82. The van der Waals surface area contributed by atoms with Crippen molar-refractivity contribution in [1.82, 2.24) is 9.38 Å². The van der Waals surface area contributed by atoms with Crippen LogP contribution in [0.15, 0.2) is 29.4 Å². The number of imidazole rings is 1. The molecular weight excluding hydrogens is 212 g/mol. The van der Waals surface area contributed by atoms with E-state index in [1.165, 1.54) is 11.8 Å². The monoisotopic (exact) mass is 220 g/mol. The largest absolute Gasteiger partial charge is 0.480 e. The molecule has 2 aromatic rings. The SMILES string of the molecule is O=C(O)C1Cc2cnc3cccc(n23)S1. The summed E-state index contributed by atoms with van der Waals surface area (Å²) < 4.78 is 2.02. The van der Waals surface area contributed by atoms with E-state index >= 15 is 0 Å². The Kier molecular flexibility index (Phi) is 1.76. The number of carboxylic acid groups (broad SMARTS) is 1. The van der Waals surface area contributed by atoms with Crippen molar-refractivity contribution in [1.29, 1.82) is 0 Å². The molecule has 1 aliphatic rings. The van der Waals surface area contributed by atoms with Gasteiger partial charge in [-0.3, -0.25) is 9.20 Å². The van der Waals surface area contributed by atoms with Crippen LogP contribution >= 0.6 is 11.8 Å². The van der Waals surface area contributed by atoms with Crippen LogP contribution in [0.25, 0.3) is 5.65 Å². The zero-order valence-corrected chi connectivity index (χ0v) is 8.57. The van der Waals surface area contributed by atoms with Gasteiger partial charge in [-0.2, -0.15) is 0 Å². The molecule has 1 N–H and O–H groups in total. The van der Waals surface area contributed by atoms with Crippen LogP contribution < -0.4 is 0 Å². The van der Waals surface area contributed by atoms with Gasteiger partial charge in [0.25, 0.3) is 0 Å². The van der Waals surface area contributed by atoms with Crippen LogP contribution in [-0.2, 0) is 11.2 Å². The van der Waals surface area contributed by atoms with Gasteiger partial charge in [0.05, 0.1) is 5.03 Å². The lowest BCUT2D eigenvalue weighted by Crippen LogP contribution is -2.23. The van der Waals surface area contributed by atoms with Crippen LogP contribution in [0.5, 0.6) is 0 Å². The molecule has 0 amide bonds. The minimum atomic E-state index is -0.760. The molecule has 0 aromatic carbocycles. The van der Waals surface area contributed by atoms with Crippen molar-refractivity contribution in [3.63, 3.8) is 0 Å². The van der Waals surface area contributed by atoms with E-state index < -0.39 is 5.97 Å². The first-order valence-electron chi connectivity index (χ1n) is 4.60. The standard InChI is InChI=1S/C10H8N2O2S/c13-10(14)7-4-6-5-11-8-2-1-3-9(15-7)12(6)8/h1-3,5,7H,4H2,(H,13,14). The summed E-state index contributed by atoms with van der Waals surface area (Å²) >= 11 is 1.39. The molecule has 1 atom stereocenters. The van der Waals surface area contributed by atoms with Gasteiger partial charge in [0.1, 0.15) is 10.9 Å². The number of aromatic nitrogens is 2. The highest BCUT2D eigenvalue weighted by Crippen LogP contribution is 2.32. The molecule has 0 fully saturated rings. The molecule has 2 aromatic heterocycles.